The second-order valence-electron chi connectivity index (χ2n) is 1.69. The predicted molar refractivity (Wildman–Crippen MR) is 46.3 cm³/mol. The molecule has 1 aliphatic rings. The van der Waals surface area contributed by atoms with E-state index in [-0.39, 0.29) is 0 Å². The van der Waals surface area contributed by atoms with E-state index in [1.54, 1.807) is 0 Å². The van der Waals surface area contributed by atoms with Crippen LogP contribution in [-0.2, 0) is 0 Å². The Morgan fingerprint density at radius 2 is 0.900 bits per heavy atom. The van der Waals surface area contributed by atoms with Gasteiger partial charge in [0, 0.05) is 0 Å². The van der Waals surface area contributed by atoms with Gasteiger partial charge in [-0.15, -0.1) is 0 Å². The van der Waals surface area contributed by atoms with Crippen LogP contribution in [0.5, 0.6) is 0 Å². The quantitative estimate of drug-likeness (QED) is 0.453. The van der Waals surface area contributed by atoms with Crippen LogP contribution in [0, 0.1) is 23.7 Å². The van der Waals surface area contributed by atoms with Crippen LogP contribution in [-0.4, -0.2) is 29.9 Å². The molecule has 2 heteroatoms. The van der Waals surface area contributed by atoms with Crippen molar-refractivity contribution in [3.63, 3.8) is 0 Å². The molecular formula is C8H8Se2. The van der Waals surface area contributed by atoms with Crippen LogP contribution in [0.1, 0.15) is 0 Å². The summed E-state index contributed by atoms with van der Waals surface area (Å²) in [5.74, 6) is 12.7. The number of hydrogen-bond acceptors (Lipinski definition) is 0. The third-order valence-electron chi connectivity index (χ3n) is 0.947. The molecule has 52 valence electrons. The first kappa shape index (κ1) is 8.26. The number of hydrogen-bond donors (Lipinski definition) is 0. The van der Waals surface area contributed by atoms with Gasteiger partial charge < -0.3 is 0 Å². The third kappa shape index (κ3) is 4.05. The van der Waals surface area contributed by atoms with Gasteiger partial charge in [0.25, 0.3) is 0 Å². The minimum atomic E-state index is 0.671. The van der Waals surface area contributed by atoms with Gasteiger partial charge in [0.05, 0.1) is 0 Å². The Bertz CT molecular complexity index is 159. The van der Waals surface area contributed by atoms with Crippen LogP contribution in [0.15, 0.2) is 0 Å². The van der Waals surface area contributed by atoms with Crippen molar-refractivity contribution >= 4 is 29.9 Å². The molecule has 0 aromatic heterocycles. The van der Waals surface area contributed by atoms with Gasteiger partial charge in [0.15, 0.2) is 0 Å². The van der Waals surface area contributed by atoms with Gasteiger partial charge in [0.2, 0.25) is 0 Å². The normalized spacial score (nSPS) is 17.6. The Labute approximate surface area is 74.8 Å². The van der Waals surface area contributed by atoms with E-state index >= 15 is 0 Å². The van der Waals surface area contributed by atoms with Crippen molar-refractivity contribution in [1.29, 1.82) is 0 Å². The Kier molecular flexibility index (Phi) is 4.88. The maximum atomic E-state index is 3.18. The van der Waals surface area contributed by atoms with Crippen LogP contribution in [0.3, 0.4) is 0 Å². The van der Waals surface area contributed by atoms with E-state index in [1.165, 1.54) is 0 Å². The third-order valence-corrected chi connectivity index (χ3v) is 3.87. The summed E-state index contributed by atoms with van der Waals surface area (Å²) in [5, 5.41) is 4.44. The van der Waals surface area contributed by atoms with E-state index in [0.29, 0.717) is 29.9 Å². The van der Waals surface area contributed by atoms with Crippen molar-refractivity contribution in [2.24, 2.45) is 0 Å². The molecule has 0 aliphatic carbocycles. The fourth-order valence-corrected chi connectivity index (χ4v) is 2.65. The summed E-state index contributed by atoms with van der Waals surface area (Å²) < 4.78 is 0. The van der Waals surface area contributed by atoms with Gasteiger partial charge in [0.1, 0.15) is 0 Å². The summed E-state index contributed by atoms with van der Waals surface area (Å²) in [5.41, 5.74) is 0. The molecule has 0 N–H and O–H groups in total. The van der Waals surface area contributed by atoms with Crippen LogP contribution in [0.4, 0.5) is 0 Å². The molecule has 0 saturated carbocycles. The van der Waals surface area contributed by atoms with E-state index in [0.717, 1.165) is 21.3 Å². The van der Waals surface area contributed by atoms with E-state index < -0.39 is 0 Å². The number of rotatable bonds is 0. The van der Waals surface area contributed by atoms with Crippen molar-refractivity contribution < 1.29 is 0 Å². The summed E-state index contributed by atoms with van der Waals surface area (Å²) in [6, 6.07) is 0. The molecular weight excluding hydrogens is 254 g/mol. The second-order valence-corrected chi connectivity index (χ2v) is 5.83. The van der Waals surface area contributed by atoms with Crippen LogP contribution in [0.2, 0.25) is 21.3 Å². The molecule has 1 heterocycles. The van der Waals surface area contributed by atoms with Crippen molar-refractivity contribution in [2.45, 2.75) is 21.3 Å². The van der Waals surface area contributed by atoms with Crippen LogP contribution in [0.25, 0.3) is 0 Å². The van der Waals surface area contributed by atoms with Gasteiger partial charge in [-0.25, -0.2) is 0 Å². The Morgan fingerprint density at radius 3 is 1.20 bits per heavy atom. The molecule has 0 unspecified atom stereocenters. The molecule has 0 radical (unpaired) electrons. The fourth-order valence-electron chi connectivity index (χ4n) is 0.510. The van der Waals surface area contributed by atoms with Crippen molar-refractivity contribution in [3.8, 4) is 23.7 Å². The Morgan fingerprint density at radius 1 is 0.600 bits per heavy atom. The molecule has 0 spiro atoms. The zero-order valence-electron chi connectivity index (χ0n) is 5.64. The summed E-state index contributed by atoms with van der Waals surface area (Å²) in [4.78, 5) is 0. The van der Waals surface area contributed by atoms with Gasteiger partial charge in [-0.1, -0.05) is 0 Å². The molecule has 0 saturated heterocycles. The first-order valence-corrected chi connectivity index (χ1v) is 7.91. The van der Waals surface area contributed by atoms with E-state index in [9.17, 15) is 0 Å². The minimum absolute atomic E-state index is 0.671. The molecule has 0 bridgehead atoms. The van der Waals surface area contributed by atoms with Crippen LogP contribution >= 0.6 is 0 Å². The zero-order valence-corrected chi connectivity index (χ0v) is 9.07. The molecule has 1 aliphatic heterocycles. The second kappa shape index (κ2) is 5.91. The van der Waals surface area contributed by atoms with E-state index in [1.807, 2.05) is 0 Å². The van der Waals surface area contributed by atoms with E-state index in [4.69, 9.17) is 0 Å². The summed E-state index contributed by atoms with van der Waals surface area (Å²) in [7, 11) is 0. The summed E-state index contributed by atoms with van der Waals surface area (Å²) >= 11 is 1.34. The van der Waals surface area contributed by atoms with E-state index in [2.05, 4.69) is 23.7 Å². The summed E-state index contributed by atoms with van der Waals surface area (Å²) in [6.45, 7) is 0. The van der Waals surface area contributed by atoms with Gasteiger partial charge in [-0.2, -0.15) is 0 Å². The standard InChI is InChI=1S/C8H8Se2/c1-2-6-10-8-4-3-7-9-5-1/h5-8H2. The monoisotopic (exact) mass is 264 g/mol. The van der Waals surface area contributed by atoms with Gasteiger partial charge in [-0.05, 0) is 0 Å². The van der Waals surface area contributed by atoms with Gasteiger partial charge in [-0.3, -0.25) is 0 Å². The molecule has 0 nitrogen and oxygen atoms in total. The predicted octanol–water partition coefficient (Wildman–Crippen LogP) is 1.09. The summed E-state index contributed by atoms with van der Waals surface area (Å²) in [6.07, 6.45) is 0. The van der Waals surface area contributed by atoms with Crippen molar-refractivity contribution in [2.75, 3.05) is 0 Å². The average molecular weight is 262 g/mol. The molecule has 0 atom stereocenters. The molecule has 0 aromatic carbocycles. The van der Waals surface area contributed by atoms with Crippen molar-refractivity contribution in [1.82, 2.24) is 0 Å². The maximum absolute atomic E-state index is 3.18. The van der Waals surface area contributed by atoms with Crippen LogP contribution < -0.4 is 0 Å². The zero-order chi connectivity index (χ0) is 7.07. The van der Waals surface area contributed by atoms with Crippen molar-refractivity contribution in [3.05, 3.63) is 0 Å². The van der Waals surface area contributed by atoms with Gasteiger partial charge >= 0.3 is 74.9 Å². The molecule has 0 fully saturated rings. The average Bonchev–Trinajstić information content (AvgIpc) is 2.01. The fraction of sp³-hybridized carbons (Fsp3) is 0.500. The molecule has 0 aromatic rings. The molecule has 1 rings (SSSR count). The first-order chi connectivity index (χ1) is 5.00. The Balaban J connectivity index is 2.31. The SMILES string of the molecule is C1#CC[Se]CC#CC[Se]C1. The molecule has 0 amide bonds. The Hall–Kier alpha value is 0.159. The topological polar surface area (TPSA) is 0 Å². The first-order valence-electron chi connectivity index (χ1n) is 3.07. The molecule has 10 heavy (non-hydrogen) atoms.